The topological polar surface area (TPSA) is 111 Å². The van der Waals surface area contributed by atoms with Crippen molar-refractivity contribution in [3.63, 3.8) is 0 Å². The van der Waals surface area contributed by atoms with Crippen molar-refractivity contribution < 1.29 is 9.59 Å². The number of carbonyl (C=O) groups excluding carboxylic acids is 2. The van der Waals surface area contributed by atoms with Gasteiger partial charge in [-0.3, -0.25) is 9.59 Å². The van der Waals surface area contributed by atoms with Crippen LogP contribution in [0.1, 0.15) is 17.3 Å². The summed E-state index contributed by atoms with van der Waals surface area (Å²) in [6, 6.07) is 7.39. The maximum Gasteiger partial charge on any atom is 0.251 e. The molecular weight excluding hydrogens is 416 g/mol. The third-order valence-corrected chi connectivity index (χ3v) is 6.01. The molecule has 5 N–H and O–H groups in total. The number of nitrogen functional groups attached to an aromatic ring is 1. The van der Waals surface area contributed by atoms with Gasteiger partial charge in [-0.25, -0.2) is 4.98 Å². The molecule has 3 rings (SSSR count). The summed E-state index contributed by atoms with van der Waals surface area (Å²) in [5, 5.41) is 3.44. The molecule has 0 saturated carbocycles. The zero-order valence-electron chi connectivity index (χ0n) is 13.7. The minimum Gasteiger partial charge on any atom is -0.383 e. The third kappa shape index (κ3) is 3.33. The predicted molar refractivity (Wildman–Crippen MR) is 109 cm³/mol. The van der Waals surface area contributed by atoms with Gasteiger partial charge in [0.15, 0.2) is 0 Å². The Morgan fingerprint density at radius 1 is 1.27 bits per heavy atom. The zero-order chi connectivity index (χ0) is 18.8. The lowest BCUT2D eigenvalue weighted by atomic mass is 10.1. The van der Waals surface area contributed by atoms with E-state index in [1.54, 1.807) is 13.0 Å². The van der Waals surface area contributed by atoms with Crippen LogP contribution in [0.15, 0.2) is 47.1 Å². The molecule has 0 bridgehead atoms. The van der Waals surface area contributed by atoms with Crippen LogP contribution in [0.25, 0.3) is 20.5 Å². The van der Waals surface area contributed by atoms with Crippen LogP contribution in [-0.4, -0.2) is 16.8 Å². The van der Waals surface area contributed by atoms with Crippen molar-refractivity contribution >= 4 is 60.7 Å². The Balaban J connectivity index is 2.04. The molecule has 2 aromatic heterocycles. The third-order valence-electron chi connectivity index (χ3n) is 3.68. The fourth-order valence-corrected chi connectivity index (χ4v) is 4.71. The van der Waals surface area contributed by atoms with Crippen molar-refractivity contribution in [2.45, 2.75) is 6.92 Å². The van der Waals surface area contributed by atoms with Gasteiger partial charge < -0.3 is 16.8 Å². The van der Waals surface area contributed by atoms with E-state index in [0.29, 0.717) is 27.2 Å². The maximum absolute atomic E-state index is 11.7. The van der Waals surface area contributed by atoms with E-state index in [0.717, 1.165) is 14.9 Å². The Morgan fingerprint density at radius 3 is 2.58 bits per heavy atom. The van der Waals surface area contributed by atoms with Gasteiger partial charge in [0.05, 0.1) is 15.6 Å². The number of primary amides is 1. The van der Waals surface area contributed by atoms with E-state index in [1.807, 2.05) is 24.3 Å². The molecule has 0 aliphatic rings. The zero-order valence-corrected chi connectivity index (χ0v) is 16.1. The molecule has 6 nitrogen and oxygen atoms in total. The first kappa shape index (κ1) is 18.1. The molecular formula is C18H15BrN4O2S. The van der Waals surface area contributed by atoms with Gasteiger partial charge >= 0.3 is 0 Å². The number of pyridine rings is 1. The lowest BCUT2D eigenvalue weighted by Crippen LogP contribution is -2.11. The van der Waals surface area contributed by atoms with Gasteiger partial charge in [-0.1, -0.05) is 18.2 Å². The second kappa shape index (κ2) is 7.27. The highest BCUT2D eigenvalue weighted by molar-refractivity contribution is 9.10. The Bertz CT molecular complexity index is 1040. The van der Waals surface area contributed by atoms with Gasteiger partial charge in [-0.15, -0.1) is 11.3 Å². The number of rotatable bonds is 4. The van der Waals surface area contributed by atoms with E-state index in [4.69, 9.17) is 11.5 Å². The Morgan fingerprint density at radius 2 is 1.96 bits per heavy atom. The van der Waals surface area contributed by atoms with Gasteiger partial charge in [0.2, 0.25) is 5.91 Å². The summed E-state index contributed by atoms with van der Waals surface area (Å²) >= 11 is 4.97. The minimum atomic E-state index is -0.551. The molecule has 8 heteroatoms. The Kier molecular flexibility index (Phi) is 5.06. The second-order valence-electron chi connectivity index (χ2n) is 5.44. The number of aromatic nitrogens is 1. The molecule has 26 heavy (non-hydrogen) atoms. The molecule has 0 saturated heterocycles. The van der Waals surface area contributed by atoms with Crippen LogP contribution in [0.2, 0.25) is 0 Å². The highest BCUT2D eigenvalue weighted by Gasteiger charge is 2.19. The second-order valence-corrected chi connectivity index (χ2v) is 7.25. The smallest absolute Gasteiger partial charge is 0.251 e. The first-order chi connectivity index (χ1) is 12.4. The summed E-state index contributed by atoms with van der Waals surface area (Å²) < 4.78 is 1.45. The number of hydrogen-bond donors (Lipinski definition) is 3. The lowest BCUT2D eigenvalue weighted by Gasteiger charge is -2.04. The Hall–Kier alpha value is -2.71. The SMILES string of the molecule is CC=CC(=O)Nc1ccc(-c2sc3c(C(N)=O)cnc(N)c3c2Br)cc1. The average Bonchev–Trinajstić information content (AvgIpc) is 2.94. The van der Waals surface area contributed by atoms with Crippen molar-refractivity contribution in [1.82, 2.24) is 4.98 Å². The number of nitrogens with two attached hydrogens (primary N) is 2. The van der Waals surface area contributed by atoms with Crippen molar-refractivity contribution in [2.24, 2.45) is 5.73 Å². The van der Waals surface area contributed by atoms with Crippen LogP contribution in [0.4, 0.5) is 11.5 Å². The molecule has 2 amide bonds. The highest BCUT2D eigenvalue weighted by Crippen LogP contribution is 2.45. The number of thiophene rings is 1. The molecule has 0 spiro atoms. The molecule has 0 radical (unpaired) electrons. The number of halogens is 1. The van der Waals surface area contributed by atoms with Crippen LogP contribution >= 0.6 is 27.3 Å². The summed E-state index contributed by atoms with van der Waals surface area (Å²) in [7, 11) is 0. The van der Waals surface area contributed by atoms with E-state index in [9.17, 15) is 9.59 Å². The van der Waals surface area contributed by atoms with Crippen LogP contribution in [-0.2, 0) is 4.79 Å². The van der Waals surface area contributed by atoms with Crippen molar-refractivity contribution in [2.75, 3.05) is 11.1 Å². The lowest BCUT2D eigenvalue weighted by molar-refractivity contribution is -0.111. The predicted octanol–water partition coefficient (Wildman–Crippen LogP) is 3.92. The summed E-state index contributed by atoms with van der Waals surface area (Å²) in [6.45, 7) is 1.78. The number of hydrogen-bond acceptors (Lipinski definition) is 5. The number of anilines is 2. The summed E-state index contributed by atoms with van der Waals surface area (Å²) in [6.07, 6.45) is 4.52. The van der Waals surface area contributed by atoms with E-state index in [-0.39, 0.29) is 5.91 Å². The fourth-order valence-electron chi connectivity index (χ4n) is 2.49. The van der Waals surface area contributed by atoms with E-state index in [2.05, 4.69) is 26.2 Å². The molecule has 1 aromatic carbocycles. The highest BCUT2D eigenvalue weighted by atomic mass is 79.9. The first-order valence-electron chi connectivity index (χ1n) is 7.62. The van der Waals surface area contributed by atoms with Crippen LogP contribution in [0.3, 0.4) is 0 Å². The standard InChI is InChI=1S/C18H15BrN4O2S/c1-2-3-12(24)23-10-6-4-9(5-7-10)15-14(19)13-16(26-15)11(18(21)25)8-22-17(13)20/h2-8H,1H3,(H2,20,22)(H2,21,25)(H,23,24). The molecule has 0 atom stereocenters. The molecule has 0 unspecified atom stereocenters. The Labute approximate surface area is 162 Å². The monoisotopic (exact) mass is 430 g/mol. The fraction of sp³-hybridized carbons (Fsp3) is 0.0556. The molecule has 0 fully saturated rings. The number of amides is 2. The van der Waals surface area contributed by atoms with Gasteiger partial charge in [-0.05, 0) is 46.6 Å². The van der Waals surface area contributed by atoms with Crippen LogP contribution < -0.4 is 16.8 Å². The largest absolute Gasteiger partial charge is 0.383 e. The first-order valence-corrected chi connectivity index (χ1v) is 9.23. The summed E-state index contributed by atoms with van der Waals surface area (Å²) in [5.41, 5.74) is 13.4. The van der Waals surface area contributed by atoms with Crippen molar-refractivity contribution in [3.05, 3.63) is 52.7 Å². The van der Waals surface area contributed by atoms with Crippen molar-refractivity contribution in [1.29, 1.82) is 0 Å². The number of fused-ring (bicyclic) bond motifs is 1. The molecule has 3 aromatic rings. The van der Waals surface area contributed by atoms with Crippen LogP contribution in [0, 0.1) is 0 Å². The molecule has 2 heterocycles. The van der Waals surface area contributed by atoms with E-state index >= 15 is 0 Å². The number of carbonyl (C=O) groups is 2. The molecule has 0 aliphatic heterocycles. The van der Waals surface area contributed by atoms with Crippen LogP contribution in [0.5, 0.6) is 0 Å². The van der Waals surface area contributed by atoms with Gasteiger partial charge in [0.25, 0.3) is 5.91 Å². The molecule has 132 valence electrons. The number of nitrogens with zero attached hydrogens (tertiary/aromatic N) is 1. The van der Waals surface area contributed by atoms with Crippen molar-refractivity contribution in [3.8, 4) is 10.4 Å². The van der Waals surface area contributed by atoms with Gasteiger partial charge in [0, 0.05) is 21.2 Å². The minimum absolute atomic E-state index is 0.187. The normalized spacial score (nSPS) is 11.2. The van der Waals surface area contributed by atoms with E-state index < -0.39 is 5.91 Å². The summed E-state index contributed by atoms with van der Waals surface area (Å²) in [4.78, 5) is 28.2. The van der Waals surface area contributed by atoms with E-state index in [1.165, 1.54) is 23.6 Å². The quantitative estimate of drug-likeness (QED) is 0.544. The maximum atomic E-state index is 11.7. The number of nitrogens with one attached hydrogen (secondary N) is 1. The number of benzene rings is 1. The van der Waals surface area contributed by atoms with Gasteiger partial charge in [0.1, 0.15) is 5.82 Å². The summed E-state index contributed by atoms with van der Waals surface area (Å²) in [5.74, 6) is -0.410. The average molecular weight is 431 g/mol. The number of allylic oxidation sites excluding steroid dienone is 1. The molecule has 0 aliphatic carbocycles. The van der Waals surface area contributed by atoms with Gasteiger partial charge in [-0.2, -0.15) is 0 Å².